The highest BCUT2D eigenvalue weighted by molar-refractivity contribution is 9.10. The van der Waals surface area contributed by atoms with E-state index >= 15 is 0 Å². The Kier molecular flexibility index (Phi) is 4.71. The fourth-order valence-corrected chi connectivity index (χ4v) is 2.47. The van der Waals surface area contributed by atoms with Gasteiger partial charge >= 0.3 is 0 Å². The number of nitrogens with zero attached hydrogens (tertiary/aromatic N) is 1. The third kappa shape index (κ3) is 3.47. The molecule has 1 rings (SSSR count). The van der Waals surface area contributed by atoms with Crippen molar-refractivity contribution in [2.75, 3.05) is 0 Å². The molecular formula is C11H8BrNO2S. The zero-order valence-corrected chi connectivity index (χ0v) is 10.8. The largest absolute Gasteiger partial charge is 0.298 e. The Balaban J connectivity index is 2.79. The van der Waals surface area contributed by atoms with Gasteiger partial charge in [-0.2, -0.15) is 5.26 Å². The van der Waals surface area contributed by atoms with Gasteiger partial charge in [0.05, 0.1) is 6.07 Å². The van der Waals surface area contributed by atoms with Crippen LogP contribution in [0.15, 0.2) is 33.6 Å². The highest BCUT2D eigenvalue weighted by Gasteiger charge is 2.23. The van der Waals surface area contributed by atoms with Crippen molar-refractivity contribution in [1.82, 2.24) is 0 Å². The number of thioether (sulfide) groups is 1. The Morgan fingerprint density at radius 1 is 1.50 bits per heavy atom. The summed E-state index contributed by atoms with van der Waals surface area (Å²) in [6.45, 7) is 1.24. The molecule has 1 aromatic carbocycles. The maximum absolute atomic E-state index is 11.6. The van der Waals surface area contributed by atoms with Gasteiger partial charge in [-0.15, -0.1) is 0 Å². The number of benzene rings is 1. The third-order valence-electron chi connectivity index (χ3n) is 1.79. The average molecular weight is 298 g/mol. The lowest BCUT2D eigenvalue weighted by Gasteiger charge is -2.03. The summed E-state index contributed by atoms with van der Waals surface area (Å²) < 4.78 is 0.849. The van der Waals surface area contributed by atoms with Gasteiger partial charge in [0.25, 0.3) is 0 Å². The minimum atomic E-state index is -1.18. The van der Waals surface area contributed by atoms with Crippen LogP contribution in [0, 0.1) is 17.2 Å². The zero-order chi connectivity index (χ0) is 12.1. The number of hydrogen-bond donors (Lipinski definition) is 0. The molecule has 0 amide bonds. The summed E-state index contributed by atoms with van der Waals surface area (Å²) in [5.41, 5.74) is 0. The molecule has 5 heteroatoms. The van der Waals surface area contributed by atoms with Crippen molar-refractivity contribution in [3.05, 3.63) is 28.7 Å². The van der Waals surface area contributed by atoms with Gasteiger partial charge in [-0.3, -0.25) is 9.59 Å². The van der Waals surface area contributed by atoms with Crippen LogP contribution < -0.4 is 0 Å². The van der Waals surface area contributed by atoms with Gasteiger partial charge in [-0.1, -0.05) is 33.8 Å². The molecule has 0 saturated heterocycles. The lowest BCUT2D eigenvalue weighted by atomic mass is 10.1. The van der Waals surface area contributed by atoms with Crippen molar-refractivity contribution >= 4 is 38.6 Å². The standard InChI is InChI=1S/C11H8BrNO2S/c1-7(14)10(6-13)11(15)16-9-4-2-3-8(12)5-9/h2-5,10H,1H3. The van der Waals surface area contributed by atoms with Crippen LogP contribution in [-0.4, -0.2) is 10.9 Å². The Morgan fingerprint density at radius 2 is 2.19 bits per heavy atom. The van der Waals surface area contributed by atoms with Gasteiger partial charge in [-0.25, -0.2) is 0 Å². The molecule has 3 nitrogen and oxygen atoms in total. The van der Waals surface area contributed by atoms with E-state index in [1.165, 1.54) is 6.92 Å². The van der Waals surface area contributed by atoms with Crippen LogP contribution in [-0.2, 0) is 9.59 Å². The molecule has 0 aliphatic rings. The van der Waals surface area contributed by atoms with Crippen LogP contribution in [0.4, 0.5) is 0 Å². The van der Waals surface area contributed by atoms with Gasteiger partial charge in [0, 0.05) is 9.37 Å². The number of hydrogen-bond acceptors (Lipinski definition) is 4. The highest BCUT2D eigenvalue weighted by atomic mass is 79.9. The fraction of sp³-hybridized carbons (Fsp3) is 0.182. The molecule has 0 heterocycles. The van der Waals surface area contributed by atoms with Crippen molar-refractivity contribution in [3.8, 4) is 6.07 Å². The van der Waals surface area contributed by atoms with E-state index in [0.717, 1.165) is 16.2 Å². The molecule has 0 radical (unpaired) electrons. The second kappa shape index (κ2) is 5.83. The number of halogens is 1. The Labute approximate surface area is 106 Å². The minimum Gasteiger partial charge on any atom is -0.298 e. The van der Waals surface area contributed by atoms with Crippen LogP contribution in [0.2, 0.25) is 0 Å². The molecule has 1 atom stereocenters. The molecule has 0 N–H and O–H groups in total. The van der Waals surface area contributed by atoms with E-state index in [0.29, 0.717) is 4.90 Å². The lowest BCUT2D eigenvalue weighted by Crippen LogP contribution is -2.17. The molecule has 0 fully saturated rings. The van der Waals surface area contributed by atoms with E-state index in [1.807, 2.05) is 6.07 Å². The Morgan fingerprint density at radius 3 is 2.69 bits per heavy atom. The van der Waals surface area contributed by atoms with E-state index in [-0.39, 0.29) is 0 Å². The monoisotopic (exact) mass is 297 g/mol. The van der Waals surface area contributed by atoms with E-state index in [9.17, 15) is 9.59 Å². The minimum absolute atomic E-state index is 0.421. The van der Waals surface area contributed by atoms with Gasteiger partial charge in [0.1, 0.15) is 0 Å². The quantitative estimate of drug-likeness (QED) is 0.636. The van der Waals surface area contributed by atoms with Gasteiger partial charge < -0.3 is 0 Å². The van der Waals surface area contributed by atoms with Crippen molar-refractivity contribution in [3.63, 3.8) is 0 Å². The molecule has 0 aromatic heterocycles. The summed E-state index contributed by atoms with van der Waals surface area (Å²) in [6, 6.07) is 8.84. The fourth-order valence-electron chi connectivity index (χ4n) is 1.02. The highest BCUT2D eigenvalue weighted by Crippen LogP contribution is 2.25. The van der Waals surface area contributed by atoms with Crippen molar-refractivity contribution in [2.45, 2.75) is 11.8 Å². The molecule has 0 bridgehead atoms. The van der Waals surface area contributed by atoms with Crippen LogP contribution >= 0.6 is 27.7 Å². The summed E-state index contributed by atoms with van der Waals surface area (Å²) in [5.74, 6) is -1.60. The molecule has 82 valence electrons. The first-order chi connectivity index (χ1) is 7.54. The predicted octanol–water partition coefficient (Wildman–Crippen LogP) is 2.80. The van der Waals surface area contributed by atoms with Crippen molar-refractivity contribution in [2.24, 2.45) is 5.92 Å². The first-order valence-electron chi connectivity index (χ1n) is 4.42. The second-order valence-electron chi connectivity index (χ2n) is 3.05. The molecule has 0 aliphatic heterocycles. The predicted molar refractivity (Wildman–Crippen MR) is 64.8 cm³/mol. The number of ketones is 1. The van der Waals surface area contributed by atoms with Crippen molar-refractivity contribution in [1.29, 1.82) is 5.26 Å². The Bertz CT molecular complexity index is 467. The molecular weight excluding hydrogens is 290 g/mol. The molecule has 0 aliphatic carbocycles. The maximum atomic E-state index is 11.6. The van der Waals surface area contributed by atoms with Crippen LogP contribution in [0.25, 0.3) is 0 Å². The lowest BCUT2D eigenvalue weighted by molar-refractivity contribution is -0.124. The number of carbonyl (C=O) groups is 2. The summed E-state index contributed by atoms with van der Waals surface area (Å²) in [7, 11) is 0. The molecule has 16 heavy (non-hydrogen) atoms. The summed E-state index contributed by atoms with van der Waals surface area (Å²) in [6.07, 6.45) is 0. The van der Waals surface area contributed by atoms with Gasteiger partial charge in [0.15, 0.2) is 11.7 Å². The van der Waals surface area contributed by atoms with Gasteiger partial charge in [0.2, 0.25) is 5.12 Å². The number of rotatable bonds is 3. The third-order valence-corrected chi connectivity index (χ3v) is 3.21. The van der Waals surface area contributed by atoms with Crippen molar-refractivity contribution < 1.29 is 9.59 Å². The average Bonchev–Trinajstić information content (AvgIpc) is 2.17. The van der Waals surface area contributed by atoms with Crippen LogP contribution in [0.3, 0.4) is 0 Å². The van der Waals surface area contributed by atoms with Gasteiger partial charge in [-0.05, 0) is 25.1 Å². The summed E-state index contributed by atoms with van der Waals surface area (Å²) >= 11 is 4.19. The topological polar surface area (TPSA) is 57.9 Å². The molecule has 0 saturated carbocycles. The molecule has 1 aromatic rings. The first-order valence-corrected chi connectivity index (χ1v) is 6.03. The number of carbonyl (C=O) groups excluding carboxylic acids is 2. The van der Waals surface area contributed by atoms with Crippen LogP contribution in [0.1, 0.15) is 6.92 Å². The summed E-state index contributed by atoms with van der Waals surface area (Å²) in [4.78, 5) is 23.3. The normalized spacial score (nSPS) is 11.6. The van der Waals surface area contributed by atoms with E-state index in [2.05, 4.69) is 15.9 Å². The van der Waals surface area contributed by atoms with E-state index in [4.69, 9.17) is 5.26 Å². The second-order valence-corrected chi connectivity index (χ2v) is 5.04. The van der Waals surface area contributed by atoms with E-state index in [1.54, 1.807) is 24.3 Å². The maximum Gasteiger partial charge on any atom is 0.218 e. The number of Topliss-reactive ketones (excluding diaryl/α,β-unsaturated/α-hetero) is 1. The first kappa shape index (κ1) is 12.9. The smallest absolute Gasteiger partial charge is 0.218 e. The van der Waals surface area contributed by atoms with E-state index < -0.39 is 16.8 Å². The zero-order valence-electron chi connectivity index (χ0n) is 8.44. The Hall–Kier alpha value is -1.12. The summed E-state index contributed by atoms with van der Waals surface area (Å²) in [5, 5.41) is 8.25. The SMILES string of the molecule is CC(=O)C(C#N)C(=O)Sc1cccc(Br)c1. The number of nitriles is 1. The molecule has 0 spiro atoms. The molecule has 1 unspecified atom stereocenters. The van der Waals surface area contributed by atoms with Crippen LogP contribution in [0.5, 0.6) is 0 Å².